The van der Waals surface area contributed by atoms with Crippen molar-refractivity contribution in [2.75, 3.05) is 6.61 Å². The van der Waals surface area contributed by atoms with Gasteiger partial charge in [-0.15, -0.1) is 6.58 Å². The molecule has 1 aromatic rings. The molecule has 15 heavy (non-hydrogen) atoms. The molecular formula is C11H13NO3. The summed E-state index contributed by atoms with van der Waals surface area (Å²) in [4.78, 5) is 15.0. The molecule has 4 heteroatoms. The van der Waals surface area contributed by atoms with Crippen LogP contribution in [-0.2, 0) is 15.1 Å². The third kappa shape index (κ3) is 2.41. The van der Waals surface area contributed by atoms with E-state index in [-0.39, 0.29) is 6.61 Å². The minimum absolute atomic E-state index is 0.186. The van der Waals surface area contributed by atoms with Gasteiger partial charge in [-0.2, -0.15) is 0 Å². The Morgan fingerprint density at radius 2 is 2.27 bits per heavy atom. The topological polar surface area (TPSA) is 59.4 Å². The third-order valence-electron chi connectivity index (χ3n) is 2.13. The van der Waals surface area contributed by atoms with Gasteiger partial charge in [0.15, 0.2) is 5.60 Å². The first-order valence-electron chi connectivity index (χ1n) is 4.50. The van der Waals surface area contributed by atoms with Crippen LogP contribution in [0.3, 0.4) is 0 Å². The molecule has 0 aliphatic rings. The van der Waals surface area contributed by atoms with Crippen LogP contribution in [0.15, 0.2) is 37.2 Å². The molecule has 0 saturated heterocycles. The summed E-state index contributed by atoms with van der Waals surface area (Å²) in [5, 5.41) is 9.13. The molecule has 1 heterocycles. The molecule has 0 fully saturated rings. The van der Waals surface area contributed by atoms with E-state index in [1.165, 1.54) is 25.4 Å². The Morgan fingerprint density at radius 3 is 2.73 bits per heavy atom. The standard InChI is InChI=1S/C11H13NO3/c1-3-8-15-11(2,10(13)14)9-4-6-12-7-5-9/h3-7H,1,8H2,2H3,(H,13,14). The van der Waals surface area contributed by atoms with Crippen LogP contribution in [0.1, 0.15) is 12.5 Å². The maximum absolute atomic E-state index is 11.1. The molecular weight excluding hydrogens is 194 g/mol. The predicted octanol–water partition coefficient (Wildman–Crippen LogP) is 1.58. The highest BCUT2D eigenvalue weighted by Gasteiger charge is 2.35. The molecule has 80 valence electrons. The van der Waals surface area contributed by atoms with E-state index in [4.69, 9.17) is 9.84 Å². The summed E-state index contributed by atoms with van der Waals surface area (Å²) in [5.41, 5.74) is -0.788. The monoisotopic (exact) mass is 207 g/mol. The van der Waals surface area contributed by atoms with Gasteiger partial charge in [0, 0.05) is 12.4 Å². The first-order valence-corrected chi connectivity index (χ1v) is 4.50. The van der Waals surface area contributed by atoms with Gasteiger partial charge in [0.2, 0.25) is 0 Å². The van der Waals surface area contributed by atoms with Gasteiger partial charge in [-0.25, -0.2) is 4.79 Å². The highest BCUT2D eigenvalue weighted by Crippen LogP contribution is 2.24. The van der Waals surface area contributed by atoms with Crippen LogP contribution in [0.25, 0.3) is 0 Å². The van der Waals surface area contributed by atoms with Crippen LogP contribution in [-0.4, -0.2) is 22.7 Å². The average Bonchev–Trinajstić information content (AvgIpc) is 2.27. The summed E-state index contributed by atoms with van der Waals surface area (Å²) in [6, 6.07) is 3.24. The van der Waals surface area contributed by atoms with Crippen molar-refractivity contribution < 1.29 is 14.6 Å². The normalized spacial score (nSPS) is 14.2. The number of aliphatic carboxylic acids is 1. The first kappa shape index (κ1) is 11.4. The number of carbonyl (C=O) groups is 1. The van der Waals surface area contributed by atoms with Gasteiger partial charge in [-0.1, -0.05) is 6.08 Å². The Kier molecular flexibility index (Phi) is 3.57. The summed E-state index contributed by atoms with van der Waals surface area (Å²) in [6.45, 7) is 5.18. The summed E-state index contributed by atoms with van der Waals surface area (Å²) in [5.74, 6) is -1.03. The van der Waals surface area contributed by atoms with E-state index < -0.39 is 11.6 Å². The van der Waals surface area contributed by atoms with Crippen molar-refractivity contribution in [3.8, 4) is 0 Å². The highest BCUT2D eigenvalue weighted by atomic mass is 16.5. The molecule has 1 unspecified atom stereocenters. The molecule has 0 amide bonds. The number of pyridine rings is 1. The van der Waals surface area contributed by atoms with E-state index in [2.05, 4.69) is 11.6 Å². The molecule has 1 aromatic heterocycles. The zero-order valence-corrected chi connectivity index (χ0v) is 8.51. The summed E-state index contributed by atoms with van der Waals surface area (Å²) < 4.78 is 5.28. The Hall–Kier alpha value is -1.68. The van der Waals surface area contributed by atoms with E-state index in [9.17, 15) is 4.79 Å². The van der Waals surface area contributed by atoms with Gasteiger partial charge in [0.05, 0.1) is 6.61 Å². The van der Waals surface area contributed by atoms with Gasteiger partial charge < -0.3 is 9.84 Å². The van der Waals surface area contributed by atoms with Gasteiger partial charge >= 0.3 is 5.97 Å². The van der Waals surface area contributed by atoms with Gasteiger partial charge in [-0.05, 0) is 24.6 Å². The zero-order chi connectivity index (χ0) is 11.3. The third-order valence-corrected chi connectivity index (χ3v) is 2.13. The fourth-order valence-electron chi connectivity index (χ4n) is 1.16. The smallest absolute Gasteiger partial charge is 0.340 e. The van der Waals surface area contributed by atoms with E-state index in [1.807, 2.05) is 0 Å². The van der Waals surface area contributed by atoms with Gasteiger partial charge in [0.1, 0.15) is 0 Å². The summed E-state index contributed by atoms with van der Waals surface area (Å²) >= 11 is 0. The van der Waals surface area contributed by atoms with Crippen molar-refractivity contribution in [3.63, 3.8) is 0 Å². The van der Waals surface area contributed by atoms with Crippen LogP contribution in [0.2, 0.25) is 0 Å². The van der Waals surface area contributed by atoms with E-state index in [0.717, 1.165) is 0 Å². The number of rotatable bonds is 5. The second-order valence-electron chi connectivity index (χ2n) is 3.17. The van der Waals surface area contributed by atoms with Crippen LogP contribution >= 0.6 is 0 Å². The summed E-state index contributed by atoms with van der Waals surface area (Å²) in [7, 11) is 0. The van der Waals surface area contributed by atoms with Gasteiger partial charge in [-0.3, -0.25) is 4.98 Å². The maximum Gasteiger partial charge on any atom is 0.340 e. The van der Waals surface area contributed by atoms with Crippen molar-refractivity contribution in [3.05, 3.63) is 42.7 Å². The Bertz CT molecular complexity index is 350. The number of ether oxygens (including phenoxy) is 1. The molecule has 0 spiro atoms. The largest absolute Gasteiger partial charge is 0.479 e. The van der Waals surface area contributed by atoms with Crippen LogP contribution in [0.4, 0.5) is 0 Å². The lowest BCUT2D eigenvalue weighted by Gasteiger charge is -2.24. The van der Waals surface area contributed by atoms with Crippen molar-refractivity contribution in [2.24, 2.45) is 0 Å². The lowest BCUT2D eigenvalue weighted by molar-refractivity contribution is -0.163. The van der Waals surface area contributed by atoms with Crippen molar-refractivity contribution >= 4 is 5.97 Å². The number of carboxylic acid groups (broad SMARTS) is 1. The Balaban J connectivity index is 3.01. The number of hydrogen-bond acceptors (Lipinski definition) is 3. The van der Waals surface area contributed by atoms with E-state index >= 15 is 0 Å². The molecule has 4 nitrogen and oxygen atoms in total. The molecule has 0 radical (unpaired) electrons. The second-order valence-corrected chi connectivity index (χ2v) is 3.17. The number of hydrogen-bond donors (Lipinski definition) is 1. The molecule has 0 aliphatic heterocycles. The second kappa shape index (κ2) is 4.70. The minimum atomic E-state index is -1.35. The first-order chi connectivity index (χ1) is 7.11. The quantitative estimate of drug-likeness (QED) is 0.745. The number of nitrogens with zero attached hydrogens (tertiary/aromatic N) is 1. The van der Waals surface area contributed by atoms with Gasteiger partial charge in [0.25, 0.3) is 0 Å². The SMILES string of the molecule is C=CCOC(C)(C(=O)O)c1ccncc1. The number of carboxylic acids is 1. The molecule has 0 bridgehead atoms. The van der Waals surface area contributed by atoms with Crippen LogP contribution < -0.4 is 0 Å². The van der Waals surface area contributed by atoms with Crippen LogP contribution in [0.5, 0.6) is 0 Å². The van der Waals surface area contributed by atoms with E-state index in [0.29, 0.717) is 5.56 Å². The summed E-state index contributed by atoms with van der Waals surface area (Å²) in [6.07, 6.45) is 4.59. The Labute approximate surface area is 88.2 Å². The maximum atomic E-state index is 11.1. The van der Waals surface area contributed by atoms with Crippen molar-refractivity contribution in [1.82, 2.24) is 4.98 Å². The van der Waals surface area contributed by atoms with Crippen molar-refractivity contribution in [2.45, 2.75) is 12.5 Å². The Morgan fingerprint density at radius 1 is 1.67 bits per heavy atom. The van der Waals surface area contributed by atoms with E-state index in [1.54, 1.807) is 12.1 Å². The molecule has 1 atom stereocenters. The molecule has 0 saturated carbocycles. The minimum Gasteiger partial charge on any atom is -0.479 e. The highest BCUT2D eigenvalue weighted by molar-refractivity contribution is 5.78. The molecule has 1 rings (SSSR count). The lowest BCUT2D eigenvalue weighted by Crippen LogP contribution is -2.35. The zero-order valence-electron chi connectivity index (χ0n) is 8.51. The molecule has 0 aliphatic carbocycles. The predicted molar refractivity (Wildman–Crippen MR) is 55.4 cm³/mol. The molecule has 0 aromatic carbocycles. The average molecular weight is 207 g/mol. The van der Waals surface area contributed by atoms with Crippen LogP contribution in [0, 0.1) is 0 Å². The fraction of sp³-hybridized carbons (Fsp3) is 0.273. The lowest BCUT2D eigenvalue weighted by atomic mass is 9.97. The number of aromatic nitrogens is 1. The molecule has 1 N–H and O–H groups in total. The van der Waals surface area contributed by atoms with Crippen molar-refractivity contribution in [1.29, 1.82) is 0 Å². The fourth-order valence-corrected chi connectivity index (χ4v) is 1.16.